The fourth-order valence-electron chi connectivity index (χ4n) is 2.09. The Morgan fingerprint density at radius 2 is 2.33 bits per heavy atom. The number of amidine groups is 1. The van der Waals surface area contributed by atoms with E-state index < -0.39 is 18.3 Å². The summed E-state index contributed by atoms with van der Waals surface area (Å²) in [5.74, 6) is 0. The van der Waals surface area contributed by atoms with Crippen LogP contribution in [-0.4, -0.2) is 65.3 Å². The molecule has 18 heavy (non-hydrogen) atoms. The Morgan fingerprint density at radius 1 is 1.56 bits per heavy atom. The first-order chi connectivity index (χ1) is 8.67. The Hall–Kier alpha value is -0.600. The number of aliphatic imine (C=N–C) groups is 1. The predicted octanol–water partition coefficient (Wildman–Crippen LogP) is -1.10. The first kappa shape index (κ1) is 13.8. The highest BCUT2D eigenvalue weighted by molar-refractivity contribution is 8.14. The van der Waals surface area contributed by atoms with Crippen molar-refractivity contribution in [3.8, 4) is 0 Å². The molecular weight excluding hydrogens is 254 g/mol. The van der Waals surface area contributed by atoms with Gasteiger partial charge in [-0.25, -0.2) is 0 Å². The van der Waals surface area contributed by atoms with Gasteiger partial charge in [0.25, 0.3) is 0 Å². The SMILES string of the molecule is C=CCNCC1OC2SC(=NC)NC2C(O)C1O. The second-order valence-electron chi connectivity index (χ2n) is 4.29. The van der Waals surface area contributed by atoms with E-state index in [9.17, 15) is 10.2 Å². The summed E-state index contributed by atoms with van der Waals surface area (Å²) in [6.45, 7) is 4.73. The zero-order valence-corrected chi connectivity index (χ0v) is 11.1. The normalized spacial score (nSPS) is 41.5. The summed E-state index contributed by atoms with van der Waals surface area (Å²) < 4.78 is 5.78. The summed E-state index contributed by atoms with van der Waals surface area (Å²) in [6.07, 6.45) is -0.451. The van der Waals surface area contributed by atoms with Crippen LogP contribution in [0.25, 0.3) is 0 Å². The van der Waals surface area contributed by atoms with Crippen LogP contribution in [0.2, 0.25) is 0 Å². The van der Waals surface area contributed by atoms with Crippen LogP contribution in [0.3, 0.4) is 0 Å². The van der Waals surface area contributed by atoms with Gasteiger partial charge in [0.15, 0.2) is 5.17 Å². The Labute approximate surface area is 111 Å². The molecule has 4 N–H and O–H groups in total. The van der Waals surface area contributed by atoms with Gasteiger partial charge in [0.05, 0.1) is 6.04 Å². The summed E-state index contributed by atoms with van der Waals surface area (Å²) in [7, 11) is 1.68. The van der Waals surface area contributed by atoms with Crippen LogP contribution in [-0.2, 0) is 4.74 Å². The molecule has 2 saturated heterocycles. The topological polar surface area (TPSA) is 86.1 Å². The minimum atomic E-state index is -0.909. The molecule has 7 heteroatoms. The van der Waals surface area contributed by atoms with Crippen molar-refractivity contribution >= 4 is 16.9 Å². The Morgan fingerprint density at radius 3 is 3.00 bits per heavy atom. The van der Waals surface area contributed by atoms with Crippen LogP contribution >= 0.6 is 11.8 Å². The van der Waals surface area contributed by atoms with Crippen molar-refractivity contribution in [1.82, 2.24) is 10.6 Å². The Balaban J connectivity index is 1.98. The molecule has 2 heterocycles. The highest BCUT2D eigenvalue weighted by Gasteiger charge is 2.48. The molecule has 0 amide bonds. The highest BCUT2D eigenvalue weighted by Crippen LogP contribution is 2.33. The molecule has 0 aromatic heterocycles. The summed E-state index contributed by atoms with van der Waals surface area (Å²) in [4.78, 5) is 4.04. The lowest BCUT2D eigenvalue weighted by Gasteiger charge is -2.39. The Bertz CT molecular complexity index is 339. The monoisotopic (exact) mass is 273 g/mol. The third-order valence-electron chi connectivity index (χ3n) is 3.06. The van der Waals surface area contributed by atoms with E-state index in [-0.39, 0.29) is 11.5 Å². The smallest absolute Gasteiger partial charge is 0.159 e. The van der Waals surface area contributed by atoms with Gasteiger partial charge in [-0.15, -0.1) is 6.58 Å². The van der Waals surface area contributed by atoms with E-state index in [0.29, 0.717) is 13.1 Å². The number of thioether (sulfide) groups is 1. The van der Waals surface area contributed by atoms with E-state index in [0.717, 1.165) is 5.17 Å². The molecule has 5 atom stereocenters. The van der Waals surface area contributed by atoms with Crippen molar-refractivity contribution in [3.63, 3.8) is 0 Å². The van der Waals surface area contributed by atoms with E-state index in [2.05, 4.69) is 22.2 Å². The standard InChI is InChI=1S/C11H19N3O3S/c1-3-4-13-5-6-8(15)9(16)7-10(17-6)18-11(12-2)14-7/h3,6-10,13,15-16H,1,4-5H2,2H3,(H,12,14). The number of nitrogens with one attached hydrogen (secondary N) is 2. The molecule has 6 nitrogen and oxygen atoms in total. The van der Waals surface area contributed by atoms with Gasteiger partial charge < -0.3 is 25.6 Å². The van der Waals surface area contributed by atoms with Gasteiger partial charge >= 0.3 is 0 Å². The average Bonchev–Trinajstić information content (AvgIpc) is 2.79. The molecule has 0 aromatic rings. The molecule has 0 aliphatic carbocycles. The maximum Gasteiger partial charge on any atom is 0.159 e. The third kappa shape index (κ3) is 2.70. The number of nitrogens with zero attached hydrogens (tertiary/aromatic N) is 1. The minimum absolute atomic E-state index is 0.211. The lowest BCUT2D eigenvalue weighted by Crippen LogP contribution is -2.60. The molecule has 0 spiro atoms. The molecule has 5 unspecified atom stereocenters. The van der Waals surface area contributed by atoms with Gasteiger partial charge in [0, 0.05) is 20.1 Å². The second kappa shape index (κ2) is 6.03. The average molecular weight is 273 g/mol. The van der Waals surface area contributed by atoms with E-state index >= 15 is 0 Å². The number of rotatable bonds is 4. The van der Waals surface area contributed by atoms with E-state index in [1.807, 2.05) is 0 Å². The van der Waals surface area contributed by atoms with Crippen LogP contribution in [0.5, 0.6) is 0 Å². The van der Waals surface area contributed by atoms with Crippen LogP contribution in [0.1, 0.15) is 0 Å². The first-order valence-electron chi connectivity index (χ1n) is 5.90. The predicted molar refractivity (Wildman–Crippen MR) is 71.6 cm³/mol. The second-order valence-corrected chi connectivity index (χ2v) is 5.37. The number of hydrogen-bond acceptors (Lipinski definition) is 6. The summed E-state index contributed by atoms with van der Waals surface area (Å²) in [5.41, 5.74) is -0.211. The van der Waals surface area contributed by atoms with Crippen LogP contribution in [0, 0.1) is 0 Å². The first-order valence-corrected chi connectivity index (χ1v) is 6.78. The van der Waals surface area contributed by atoms with Gasteiger partial charge in [-0.2, -0.15) is 0 Å². The molecule has 2 aliphatic rings. The van der Waals surface area contributed by atoms with E-state index in [1.165, 1.54) is 11.8 Å². The molecule has 0 bridgehead atoms. The lowest BCUT2D eigenvalue weighted by molar-refractivity contribution is -0.153. The number of hydrogen-bond donors (Lipinski definition) is 4. The molecule has 0 saturated carbocycles. The fourth-order valence-corrected chi connectivity index (χ4v) is 3.19. The molecule has 2 fully saturated rings. The number of aliphatic hydroxyl groups is 2. The lowest BCUT2D eigenvalue weighted by atomic mass is 9.98. The van der Waals surface area contributed by atoms with Crippen molar-refractivity contribution in [2.45, 2.75) is 29.8 Å². The molecule has 2 rings (SSSR count). The minimum Gasteiger partial charge on any atom is -0.388 e. The van der Waals surface area contributed by atoms with Crippen LogP contribution < -0.4 is 10.6 Å². The molecule has 102 valence electrons. The van der Waals surface area contributed by atoms with Crippen LogP contribution in [0.4, 0.5) is 0 Å². The van der Waals surface area contributed by atoms with Gasteiger partial charge in [0.2, 0.25) is 0 Å². The zero-order chi connectivity index (χ0) is 13.1. The summed E-state index contributed by atoms with van der Waals surface area (Å²) in [5, 5.41) is 27.0. The summed E-state index contributed by atoms with van der Waals surface area (Å²) in [6, 6.07) is -0.306. The zero-order valence-electron chi connectivity index (χ0n) is 10.2. The van der Waals surface area contributed by atoms with Crippen molar-refractivity contribution < 1.29 is 14.9 Å². The van der Waals surface area contributed by atoms with Crippen molar-refractivity contribution in [3.05, 3.63) is 12.7 Å². The Kier molecular flexibility index (Phi) is 4.63. The summed E-state index contributed by atoms with van der Waals surface area (Å²) >= 11 is 1.44. The third-order valence-corrected chi connectivity index (χ3v) is 4.22. The highest BCUT2D eigenvalue weighted by atomic mass is 32.2. The van der Waals surface area contributed by atoms with E-state index in [1.54, 1.807) is 13.1 Å². The van der Waals surface area contributed by atoms with E-state index in [4.69, 9.17) is 4.74 Å². The van der Waals surface area contributed by atoms with Gasteiger partial charge in [0.1, 0.15) is 23.7 Å². The van der Waals surface area contributed by atoms with Crippen molar-refractivity contribution in [2.24, 2.45) is 4.99 Å². The maximum atomic E-state index is 10.1. The quantitative estimate of drug-likeness (QED) is 0.384. The molecule has 0 radical (unpaired) electrons. The molecule has 2 aliphatic heterocycles. The van der Waals surface area contributed by atoms with Crippen molar-refractivity contribution in [1.29, 1.82) is 0 Å². The van der Waals surface area contributed by atoms with Gasteiger partial charge in [-0.1, -0.05) is 17.8 Å². The molecule has 0 aromatic carbocycles. The van der Waals surface area contributed by atoms with Gasteiger partial charge in [-0.05, 0) is 0 Å². The number of ether oxygens (including phenoxy) is 1. The van der Waals surface area contributed by atoms with Crippen LogP contribution in [0.15, 0.2) is 17.6 Å². The number of fused-ring (bicyclic) bond motifs is 1. The fraction of sp³-hybridized carbons (Fsp3) is 0.727. The number of aliphatic hydroxyl groups excluding tert-OH is 2. The van der Waals surface area contributed by atoms with Crippen molar-refractivity contribution in [2.75, 3.05) is 20.1 Å². The van der Waals surface area contributed by atoms with Gasteiger partial charge in [-0.3, -0.25) is 4.99 Å². The maximum absolute atomic E-state index is 10.1. The largest absolute Gasteiger partial charge is 0.388 e. The molecular formula is C11H19N3O3S.